The summed E-state index contributed by atoms with van der Waals surface area (Å²) in [4.78, 5) is 12.7. The predicted molar refractivity (Wildman–Crippen MR) is 84.0 cm³/mol. The molecule has 1 amide bonds. The summed E-state index contributed by atoms with van der Waals surface area (Å²) in [7, 11) is 0. The number of rotatable bonds is 6. The van der Waals surface area contributed by atoms with Gasteiger partial charge in [0.15, 0.2) is 0 Å². The molecule has 4 heteroatoms. The van der Waals surface area contributed by atoms with Crippen molar-refractivity contribution in [2.24, 2.45) is 0 Å². The Bertz CT molecular complexity index is 583. The van der Waals surface area contributed by atoms with Gasteiger partial charge in [-0.1, -0.05) is 30.3 Å². The van der Waals surface area contributed by atoms with Gasteiger partial charge in [-0.25, -0.2) is 0 Å². The van der Waals surface area contributed by atoms with Gasteiger partial charge in [0.05, 0.1) is 11.9 Å². The zero-order valence-electron chi connectivity index (χ0n) is 11.5. The quantitative estimate of drug-likeness (QED) is 0.804. The van der Waals surface area contributed by atoms with E-state index in [1.165, 1.54) is 22.5 Å². The van der Waals surface area contributed by atoms with Crippen molar-refractivity contribution in [1.29, 1.82) is 0 Å². The lowest BCUT2D eigenvalue weighted by Gasteiger charge is -2.07. The molecule has 106 valence electrons. The number of benzene rings is 2. The maximum absolute atomic E-state index is 11.6. The summed E-state index contributed by atoms with van der Waals surface area (Å²) in [5.41, 5.74) is 0. The zero-order valence-corrected chi connectivity index (χ0v) is 12.3. The third kappa shape index (κ3) is 4.54. The first-order chi connectivity index (χ1) is 9.65. The van der Waals surface area contributed by atoms with Crippen molar-refractivity contribution in [1.82, 2.24) is 5.32 Å². The number of hydrogen-bond acceptors (Lipinski definition) is 3. The molecule has 1 unspecified atom stereocenters. The van der Waals surface area contributed by atoms with E-state index in [1.54, 1.807) is 6.92 Å². The topological polar surface area (TPSA) is 49.3 Å². The number of carbonyl (C=O) groups is 1. The van der Waals surface area contributed by atoms with E-state index in [4.69, 9.17) is 5.11 Å². The molecule has 0 aliphatic rings. The third-order valence-corrected chi connectivity index (χ3v) is 3.97. The van der Waals surface area contributed by atoms with Gasteiger partial charge in [0, 0.05) is 11.4 Å². The molecule has 3 nitrogen and oxygen atoms in total. The Kier molecular flexibility index (Phi) is 5.44. The standard InChI is InChI=1S/C16H19NO2S/c1-12(18)8-9-17-16(19)11-20-15-7-6-13-4-2-3-5-14(13)10-15/h2-7,10,12,18H,8-9,11H2,1H3,(H,17,19). The highest BCUT2D eigenvalue weighted by Crippen LogP contribution is 2.23. The number of nitrogens with one attached hydrogen (secondary N) is 1. The molecule has 0 spiro atoms. The summed E-state index contributed by atoms with van der Waals surface area (Å²) in [6, 6.07) is 14.4. The second-order valence-corrected chi connectivity index (χ2v) is 5.83. The van der Waals surface area contributed by atoms with Crippen LogP contribution in [0.3, 0.4) is 0 Å². The lowest BCUT2D eigenvalue weighted by Crippen LogP contribution is -2.27. The Hall–Kier alpha value is -1.52. The highest BCUT2D eigenvalue weighted by atomic mass is 32.2. The maximum Gasteiger partial charge on any atom is 0.230 e. The van der Waals surface area contributed by atoms with Gasteiger partial charge in [0.2, 0.25) is 5.91 Å². The van der Waals surface area contributed by atoms with Crippen LogP contribution in [0.2, 0.25) is 0 Å². The fourth-order valence-corrected chi connectivity index (χ4v) is 2.65. The van der Waals surface area contributed by atoms with Gasteiger partial charge < -0.3 is 10.4 Å². The smallest absolute Gasteiger partial charge is 0.230 e. The van der Waals surface area contributed by atoms with E-state index in [0.29, 0.717) is 18.7 Å². The van der Waals surface area contributed by atoms with Crippen molar-refractivity contribution in [2.75, 3.05) is 12.3 Å². The molecule has 0 saturated carbocycles. The van der Waals surface area contributed by atoms with E-state index < -0.39 is 0 Å². The van der Waals surface area contributed by atoms with Gasteiger partial charge in [0.1, 0.15) is 0 Å². The zero-order chi connectivity index (χ0) is 14.4. The van der Waals surface area contributed by atoms with Crippen LogP contribution in [-0.4, -0.2) is 29.4 Å². The predicted octanol–water partition coefficient (Wildman–Crippen LogP) is 2.82. The molecule has 0 bridgehead atoms. The van der Waals surface area contributed by atoms with Crippen LogP contribution in [0.15, 0.2) is 47.4 Å². The average Bonchev–Trinajstić information content (AvgIpc) is 2.44. The van der Waals surface area contributed by atoms with Crippen LogP contribution in [0.5, 0.6) is 0 Å². The van der Waals surface area contributed by atoms with Crippen LogP contribution < -0.4 is 5.32 Å². The normalized spacial score (nSPS) is 12.3. The molecule has 0 fully saturated rings. The second-order valence-electron chi connectivity index (χ2n) is 4.79. The lowest BCUT2D eigenvalue weighted by atomic mass is 10.1. The van der Waals surface area contributed by atoms with Crippen LogP contribution in [0.4, 0.5) is 0 Å². The molecule has 2 aromatic rings. The van der Waals surface area contributed by atoms with Gasteiger partial charge >= 0.3 is 0 Å². The summed E-state index contributed by atoms with van der Waals surface area (Å²) >= 11 is 1.53. The minimum Gasteiger partial charge on any atom is -0.393 e. The monoisotopic (exact) mass is 289 g/mol. The van der Waals surface area contributed by atoms with Crippen molar-refractivity contribution >= 4 is 28.4 Å². The number of thioether (sulfide) groups is 1. The van der Waals surface area contributed by atoms with Crippen molar-refractivity contribution < 1.29 is 9.90 Å². The fraction of sp³-hybridized carbons (Fsp3) is 0.312. The van der Waals surface area contributed by atoms with E-state index >= 15 is 0 Å². The first kappa shape index (κ1) is 14.9. The van der Waals surface area contributed by atoms with Crippen LogP contribution in [0.25, 0.3) is 10.8 Å². The molecule has 0 heterocycles. The first-order valence-electron chi connectivity index (χ1n) is 6.71. The molecular weight excluding hydrogens is 270 g/mol. The number of hydrogen-bond donors (Lipinski definition) is 2. The fourth-order valence-electron chi connectivity index (χ4n) is 1.88. The van der Waals surface area contributed by atoms with E-state index in [0.717, 1.165) is 4.90 Å². The summed E-state index contributed by atoms with van der Waals surface area (Å²) in [6.45, 7) is 2.24. The third-order valence-electron chi connectivity index (χ3n) is 2.98. The van der Waals surface area contributed by atoms with Gasteiger partial charge in [0.25, 0.3) is 0 Å². The number of aliphatic hydroxyl groups excluding tert-OH is 1. The van der Waals surface area contributed by atoms with Gasteiger partial charge in [-0.2, -0.15) is 0 Å². The number of amides is 1. The van der Waals surface area contributed by atoms with Crippen LogP contribution in [0, 0.1) is 0 Å². The molecule has 0 aromatic heterocycles. The van der Waals surface area contributed by atoms with Crippen molar-refractivity contribution in [3.63, 3.8) is 0 Å². The Labute approximate surface area is 123 Å². The van der Waals surface area contributed by atoms with E-state index in [2.05, 4.69) is 29.6 Å². The highest BCUT2D eigenvalue weighted by Gasteiger charge is 2.04. The minimum absolute atomic E-state index is 0.00353. The second kappa shape index (κ2) is 7.31. The molecule has 2 N–H and O–H groups in total. The lowest BCUT2D eigenvalue weighted by molar-refractivity contribution is -0.118. The molecule has 2 aromatic carbocycles. The first-order valence-corrected chi connectivity index (χ1v) is 7.70. The minimum atomic E-state index is -0.372. The van der Waals surface area contributed by atoms with Crippen molar-refractivity contribution in [3.05, 3.63) is 42.5 Å². The van der Waals surface area contributed by atoms with E-state index in [1.807, 2.05) is 18.2 Å². The molecule has 1 atom stereocenters. The van der Waals surface area contributed by atoms with Gasteiger partial charge in [-0.15, -0.1) is 11.8 Å². The van der Waals surface area contributed by atoms with Gasteiger partial charge in [-0.05, 0) is 36.2 Å². The summed E-state index contributed by atoms with van der Waals surface area (Å²) < 4.78 is 0. The molecule has 2 rings (SSSR count). The Morgan fingerprint density at radius 3 is 2.75 bits per heavy atom. The van der Waals surface area contributed by atoms with Crippen molar-refractivity contribution in [3.8, 4) is 0 Å². The average molecular weight is 289 g/mol. The Morgan fingerprint density at radius 1 is 1.25 bits per heavy atom. The molecular formula is C16H19NO2S. The summed E-state index contributed by atoms with van der Waals surface area (Å²) in [5.74, 6) is 0.404. The summed E-state index contributed by atoms with van der Waals surface area (Å²) in [5, 5.41) is 14.3. The molecule has 20 heavy (non-hydrogen) atoms. The molecule has 0 aliphatic heterocycles. The summed E-state index contributed by atoms with van der Waals surface area (Å²) in [6.07, 6.45) is 0.218. The molecule has 0 aliphatic carbocycles. The van der Waals surface area contributed by atoms with Gasteiger partial charge in [-0.3, -0.25) is 4.79 Å². The number of aliphatic hydroxyl groups is 1. The van der Waals surface area contributed by atoms with Crippen LogP contribution in [-0.2, 0) is 4.79 Å². The van der Waals surface area contributed by atoms with Crippen molar-refractivity contribution in [2.45, 2.75) is 24.3 Å². The maximum atomic E-state index is 11.6. The van der Waals surface area contributed by atoms with Crippen LogP contribution in [0.1, 0.15) is 13.3 Å². The van der Waals surface area contributed by atoms with E-state index in [-0.39, 0.29) is 12.0 Å². The largest absolute Gasteiger partial charge is 0.393 e. The van der Waals surface area contributed by atoms with Crippen LogP contribution >= 0.6 is 11.8 Å². The Balaban J connectivity index is 1.84. The number of fused-ring (bicyclic) bond motifs is 1. The Morgan fingerprint density at radius 2 is 2.00 bits per heavy atom. The molecule has 0 saturated heterocycles. The number of carbonyl (C=O) groups excluding carboxylic acids is 1. The SMILES string of the molecule is CC(O)CCNC(=O)CSc1ccc2ccccc2c1. The highest BCUT2D eigenvalue weighted by molar-refractivity contribution is 8.00. The molecule has 0 radical (unpaired) electrons. The van der Waals surface area contributed by atoms with E-state index in [9.17, 15) is 4.79 Å².